The third-order valence-corrected chi connectivity index (χ3v) is 3.98. The van der Waals surface area contributed by atoms with Crippen LogP contribution in [0.2, 0.25) is 0 Å². The number of piperidine rings is 1. The van der Waals surface area contributed by atoms with E-state index in [1.807, 2.05) is 0 Å². The van der Waals surface area contributed by atoms with E-state index in [-0.39, 0.29) is 0 Å². The fraction of sp³-hybridized carbons (Fsp3) is 0.625. The van der Waals surface area contributed by atoms with E-state index in [9.17, 15) is 0 Å². The van der Waals surface area contributed by atoms with Crippen LogP contribution in [0.5, 0.6) is 0 Å². The first-order valence-electron chi connectivity index (χ1n) is 7.35. The first-order valence-corrected chi connectivity index (χ1v) is 7.35. The van der Waals surface area contributed by atoms with Crippen LogP contribution in [-0.2, 0) is 0 Å². The Labute approximate surface area is 111 Å². The third kappa shape index (κ3) is 3.26. The van der Waals surface area contributed by atoms with Crippen LogP contribution in [0.3, 0.4) is 0 Å². The molecule has 0 radical (unpaired) electrons. The van der Waals surface area contributed by atoms with Gasteiger partial charge in [0.25, 0.3) is 0 Å². The highest BCUT2D eigenvalue weighted by Crippen LogP contribution is 2.25. The smallest absolute Gasteiger partial charge is 0.0368 e. The van der Waals surface area contributed by atoms with E-state index in [0.29, 0.717) is 6.04 Å². The van der Waals surface area contributed by atoms with Crippen LogP contribution in [0.15, 0.2) is 30.3 Å². The molecule has 2 heteroatoms. The lowest BCUT2D eigenvalue weighted by atomic mass is 9.93. The molecular formula is C16H26N2. The summed E-state index contributed by atoms with van der Waals surface area (Å²) in [6.07, 6.45) is 3.81. The fourth-order valence-electron chi connectivity index (χ4n) is 2.90. The normalized spacial score (nSPS) is 23.9. The van der Waals surface area contributed by atoms with Crippen molar-refractivity contribution >= 4 is 5.69 Å². The summed E-state index contributed by atoms with van der Waals surface area (Å²) < 4.78 is 0. The van der Waals surface area contributed by atoms with Crippen molar-refractivity contribution in [3.05, 3.63) is 30.3 Å². The second-order valence-electron chi connectivity index (χ2n) is 5.42. The van der Waals surface area contributed by atoms with Gasteiger partial charge in [-0.05, 0) is 44.0 Å². The maximum atomic E-state index is 3.50. The number of nitrogens with one attached hydrogen (secondary N) is 1. The first kappa shape index (κ1) is 13.4. The molecule has 100 valence electrons. The van der Waals surface area contributed by atoms with Crippen molar-refractivity contribution in [1.82, 2.24) is 5.32 Å². The molecule has 0 aromatic heterocycles. The Morgan fingerprint density at radius 1 is 1.28 bits per heavy atom. The van der Waals surface area contributed by atoms with Crippen molar-refractivity contribution < 1.29 is 0 Å². The number of hydrogen-bond donors (Lipinski definition) is 1. The Hall–Kier alpha value is -1.02. The monoisotopic (exact) mass is 246 g/mol. The van der Waals surface area contributed by atoms with E-state index in [1.165, 1.54) is 31.5 Å². The first-order chi connectivity index (χ1) is 8.83. The molecule has 1 fully saturated rings. The molecule has 0 aliphatic carbocycles. The molecule has 2 unspecified atom stereocenters. The maximum Gasteiger partial charge on any atom is 0.0368 e. The van der Waals surface area contributed by atoms with Gasteiger partial charge in [-0.15, -0.1) is 0 Å². The third-order valence-electron chi connectivity index (χ3n) is 3.98. The van der Waals surface area contributed by atoms with Crippen molar-refractivity contribution in [2.24, 2.45) is 5.92 Å². The summed E-state index contributed by atoms with van der Waals surface area (Å²) in [7, 11) is 0. The lowest BCUT2D eigenvalue weighted by molar-refractivity contribution is 0.329. The number of anilines is 1. The van der Waals surface area contributed by atoms with Gasteiger partial charge in [0.15, 0.2) is 0 Å². The van der Waals surface area contributed by atoms with Crippen LogP contribution < -0.4 is 10.2 Å². The van der Waals surface area contributed by atoms with Gasteiger partial charge in [-0.25, -0.2) is 0 Å². The van der Waals surface area contributed by atoms with Crippen LogP contribution in [0, 0.1) is 5.92 Å². The Balaban J connectivity index is 2.13. The number of nitrogens with zero attached hydrogens (tertiary/aromatic N) is 1. The number of hydrogen-bond acceptors (Lipinski definition) is 2. The van der Waals surface area contributed by atoms with Gasteiger partial charge in [0.2, 0.25) is 0 Å². The molecule has 2 atom stereocenters. The minimum absolute atomic E-state index is 0.695. The van der Waals surface area contributed by atoms with Crippen LogP contribution in [0.4, 0.5) is 5.69 Å². The Morgan fingerprint density at radius 3 is 2.72 bits per heavy atom. The molecule has 1 aliphatic heterocycles. The molecule has 0 spiro atoms. The summed E-state index contributed by atoms with van der Waals surface area (Å²) in [4.78, 5) is 2.63. The number of unbranched alkanes of at least 4 members (excludes halogenated alkanes) is 1. The zero-order valence-corrected chi connectivity index (χ0v) is 11.7. The van der Waals surface area contributed by atoms with Gasteiger partial charge in [-0.3, -0.25) is 0 Å². The lowest BCUT2D eigenvalue weighted by Crippen LogP contribution is -2.49. The van der Waals surface area contributed by atoms with E-state index in [2.05, 4.69) is 54.4 Å². The van der Waals surface area contributed by atoms with Crippen molar-refractivity contribution in [3.63, 3.8) is 0 Å². The Bertz CT molecular complexity index is 336. The zero-order valence-electron chi connectivity index (χ0n) is 11.7. The summed E-state index contributed by atoms with van der Waals surface area (Å²) in [5, 5.41) is 3.50. The molecule has 1 N–H and O–H groups in total. The topological polar surface area (TPSA) is 15.3 Å². The number of para-hydroxylation sites is 1. The predicted octanol–water partition coefficient (Wildman–Crippen LogP) is 3.29. The van der Waals surface area contributed by atoms with Crippen LogP contribution in [-0.4, -0.2) is 25.7 Å². The van der Waals surface area contributed by atoms with Crippen molar-refractivity contribution in [2.75, 3.05) is 24.5 Å². The van der Waals surface area contributed by atoms with E-state index in [0.717, 1.165) is 19.0 Å². The van der Waals surface area contributed by atoms with Gasteiger partial charge < -0.3 is 10.2 Å². The highest BCUT2D eigenvalue weighted by molar-refractivity contribution is 5.47. The molecule has 0 bridgehead atoms. The highest BCUT2D eigenvalue weighted by atomic mass is 15.2. The summed E-state index contributed by atoms with van der Waals surface area (Å²) >= 11 is 0. The molecule has 1 aromatic rings. The predicted molar refractivity (Wildman–Crippen MR) is 79.1 cm³/mol. The van der Waals surface area contributed by atoms with E-state index >= 15 is 0 Å². The minimum Gasteiger partial charge on any atom is -0.368 e. The summed E-state index contributed by atoms with van der Waals surface area (Å²) in [5.74, 6) is 0.732. The van der Waals surface area contributed by atoms with Gasteiger partial charge in [0, 0.05) is 18.3 Å². The van der Waals surface area contributed by atoms with Gasteiger partial charge in [-0.1, -0.05) is 38.5 Å². The quantitative estimate of drug-likeness (QED) is 0.857. The Kier molecular flexibility index (Phi) is 5.06. The summed E-state index contributed by atoms with van der Waals surface area (Å²) in [5.41, 5.74) is 1.39. The van der Waals surface area contributed by atoms with E-state index < -0.39 is 0 Å². The SMILES string of the molecule is CCCCN(c1ccccc1)C1CCNCC1C. The van der Waals surface area contributed by atoms with Gasteiger partial charge in [0.1, 0.15) is 0 Å². The zero-order chi connectivity index (χ0) is 12.8. The Morgan fingerprint density at radius 2 is 2.06 bits per heavy atom. The van der Waals surface area contributed by atoms with Crippen molar-refractivity contribution in [1.29, 1.82) is 0 Å². The van der Waals surface area contributed by atoms with Crippen LogP contribution >= 0.6 is 0 Å². The standard InChI is InChI=1S/C16H26N2/c1-3-4-12-18(15-8-6-5-7-9-15)16-10-11-17-13-14(16)2/h5-9,14,16-17H,3-4,10-13H2,1-2H3. The average molecular weight is 246 g/mol. The number of rotatable bonds is 5. The minimum atomic E-state index is 0.695. The van der Waals surface area contributed by atoms with Gasteiger partial charge in [0.05, 0.1) is 0 Å². The second-order valence-corrected chi connectivity index (χ2v) is 5.42. The largest absolute Gasteiger partial charge is 0.368 e. The lowest BCUT2D eigenvalue weighted by Gasteiger charge is -2.40. The summed E-state index contributed by atoms with van der Waals surface area (Å²) in [6.45, 7) is 8.15. The van der Waals surface area contributed by atoms with Gasteiger partial charge >= 0.3 is 0 Å². The molecule has 0 amide bonds. The van der Waals surface area contributed by atoms with E-state index in [4.69, 9.17) is 0 Å². The van der Waals surface area contributed by atoms with Crippen LogP contribution in [0.1, 0.15) is 33.1 Å². The second kappa shape index (κ2) is 6.79. The average Bonchev–Trinajstić information content (AvgIpc) is 2.42. The van der Waals surface area contributed by atoms with Crippen LogP contribution in [0.25, 0.3) is 0 Å². The molecule has 1 aromatic carbocycles. The molecule has 0 saturated carbocycles. The number of benzene rings is 1. The van der Waals surface area contributed by atoms with Crippen molar-refractivity contribution in [3.8, 4) is 0 Å². The molecular weight excluding hydrogens is 220 g/mol. The molecule has 1 heterocycles. The van der Waals surface area contributed by atoms with Gasteiger partial charge in [-0.2, -0.15) is 0 Å². The molecule has 18 heavy (non-hydrogen) atoms. The summed E-state index contributed by atoms with van der Waals surface area (Å²) in [6, 6.07) is 11.6. The van der Waals surface area contributed by atoms with Crippen molar-refractivity contribution in [2.45, 2.75) is 39.2 Å². The molecule has 2 nitrogen and oxygen atoms in total. The fourth-order valence-corrected chi connectivity index (χ4v) is 2.90. The molecule has 1 saturated heterocycles. The van der Waals surface area contributed by atoms with E-state index in [1.54, 1.807) is 0 Å². The molecule has 2 rings (SSSR count). The highest BCUT2D eigenvalue weighted by Gasteiger charge is 2.26. The maximum absolute atomic E-state index is 3.50. The molecule has 1 aliphatic rings.